The summed E-state index contributed by atoms with van der Waals surface area (Å²) in [5, 5.41) is 6.47. The van der Waals surface area contributed by atoms with Crippen molar-refractivity contribution in [2.24, 2.45) is 0 Å². The molecule has 4 rings (SSSR count). The van der Waals surface area contributed by atoms with Crippen LogP contribution in [0.3, 0.4) is 0 Å². The van der Waals surface area contributed by atoms with Gasteiger partial charge < -0.3 is 20.1 Å². The highest BCUT2D eigenvalue weighted by molar-refractivity contribution is 7.91. The van der Waals surface area contributed by atoms with E-state index in [9.17, 15) is 8.42 Å². The van der Waals surface area contributed by atoms with Gasteiger partial charge in [-0.15, -0.1) is 0 Å². The number of hydrogen-bond acceptors (Lipinski definition) is 8. The molecular weight excluding hydrogens is 356 g/mol. The molecule has 2 aromatic rings. The average molecular weight is 376 g/mol. The first kappa shape index (κ1) is 16.9. The van der Waals surface area contributed by atoms with Crippen LogP contribution in [0.5, 0.6) is 11.5 Å². The van der Waals surface area contributed by atoms with Crippen LogP contribution in [0.15, 0.2) is 24.3 Å². The molecule has 8 nitrogen and oxygen atoms in total. The van der Waals surface area contributed by atoms with E-state index in [-0.39, 0.29) is 24.3 Å². The monoisotopic (exact) mass is 376 g/mol. The second kappa shape index (κ2) is 6.64. The number of anilines is 2. The Bertz CT molecular complexity index is 932. The summed E-state index contributed by atoms with van der Waals surface area (Å²) in [5.74, 6) is 3.80. The number of benzene rings is 1. The van der Waals surface area contributed by atoms with Gasteiger partial charge in [-0.25, -0.2) is 18.4 Å². The maximum absolute atomic E-state index is 11.6. The Morgan fingerprint density at radius 1 is 1.15 bits per heavy atom. The van der Waals surface area contributed by atoms with Crippen LogP contribution >= 0.6 is 0 Å². The van der Waals surface area contributed by atoms with Crippen molar-refractivity contribution >= 4 is 21.5 Å². The number of aryl methyl sites for hydroxylation is 1. The average Bonchev–Trinajstić information content (AvgIpc) is 3.18. The van der Waals surface area contributed by atoms with E-state index in [1.165, 1.54) is 0 Å². The summed E-state index contributed by atoms with van der Waals surface area (Å²) in [6.07, 6.45) is 0.603. The van der Waals surface area contributed by atoms with Crippen LogP contribution in [-0.2, 0) is 16.4 Å². The first-order chi connectivity index (χ1) is 12.5. The maximum Gasteiger partial charge on any atom is 0.231 e. The molecule has 1 saturated heterocycles. The Morgan fingerprint density at radius 2 is 1.96 bits per heavy atom. The number of aromatic nitrogens is 2. The van der Waals surface area contributed by atoms with Crippen LogP contribution in [0.4, 0.5) is 11.6 Å². The van der Waals surface area contributed by atoms with Gasteiger partial charge in [0, 0.05) is 18.7 Å². The standard InChI is InChI=1S/C17H20N4O4S/c1-11-19-16(7-17(20-11)21-13-4-5-26(22,23)9-13)18-8-12-2-3-14-15(6-12)25-10-24-14/h2-3,6-7,13H,4-5,8-10H2,1H3,(H2,18,19,20,21). The molecule has 0 saturated carbocycles. The van der Waals surface area contributed by atoms with Gasteiger partial charge in [0.25, 0.3) is 0 Å². The minimum Gasteiger partial charge on any atom is -0.454 e. The fourth-order valence-electron chi connectivity index (χ4n) is 3.09. The van der Waals surface area contributed by atoms with Crippen LogP contribution < -0.4 is 20.1 Å². The van der Waals surface area contributed by atoms with E-state index in [1.54, 1.807) is 6.07 Å². The lowest BCUT2D eigenvalue weighted by molar-refractivity contribution is 0.174. The van der Waals surface area contributed by atoms with Crippen LogP contribution in [0.25, 0.3) is 0 Å². The van der Waals surface area contributed by atoms with Crippen molar-refractivity contribution < 1.29 is 17.9 Å². The third kappa shape index (κ3) is 3.82. The quantitative estimate of drug-likeness (QED) is 0.813. The molecule has 2 aliphatic heterocycles. The lowest BCUT2D eigenvalue weighted by atomic mass is 10.2. The zero-order chi connectivity index (χ0) is 18.1. The van der Waals surface area contributed by atoms with Crippen molar-refractivity contribution in [1.82, 2.24) is 9.97 Å². The van der Waals surface area contributed by atoms with E-state index in [1.807, 2.05) is 25.1 Å². The number of rotatable bonds is 5. The molecule has 1 fully saturated rings. The van der Waals surface area contributed by atoms with Crippen molar-refractivity contribution in [3.05, 3.63) is 35.7 Å². The van der Waals surface area contributed by atoms with Crippen molar-refractivity contribution in [3.63, 3.8) is 0 Å². The molecule has 1 atom stereocenters. The molecule has 0 radical (unpaired) electrons. The molecule has 0 amide bonds. The number of nitrogens with zero attached hydrogens (tertiary/aromatic N) is 2. The number of nitrogens with one attached hydrogen (secondary N) is 2. The van der Waals surface area contributed by atoms with Gasteiger partial charge in [0.2, 0.25) is 6.79 Å². The molecule has 0 spiro atoms. The van der Waals surface area contributed by atoms with Crippen molar-refractivity contribution in [2.45, 2.75) is 25.9 Å². The summed E-state index contributed by atoms with van der Waals surface area (Å²) in [4.78, 5) is 8.74. The first-order valence-electron chi connectivity index (χ1n) is 8.42. The second-order valence-corrected chi connectivity index (χ2v) is 8.70. The molecule has 1 aromatic heterocycles. The van der Waals surface area contributed by atoms with Crippen molar-refractivity contribution in [2.75, 3.05) is 28.9 Å². The maximum atomic E-state index is 11.6. The minimum atomic E-state index is -2.93. The van der Waals surface area contributed by atoms with Crippen LogP contribution in [0, 0.1) is 6.92 Å². The van der Waals surface area contributed by atoms with E-state index >= 15 is 0 Å². The Labute approximate surface area is 151 Å². The molecule has 3 heterocycles. The predicted octanol–water partition coefficient (Wildman–Crippen LogP) is 1.72. The number of fused-ring (bicyclic) bond motifs is 1. The zero-order valence-electron chi connectivity index (χ0n) is 14.4. The Hall–Kier alpha value is -2.55. The SMILES string of the molecule is Cc1nc(NCc2ccc3c(c2)OCO3)cc(NC2CCS(=O)(=O)C2)n1. The Morgan fingerprint density at radius 3 is 2.77 bits per heavy atom. The third-order valence-corrected chi connectivity index (χ3v) is 6.10. The highest BCUT2D eigenvalue weighted by atomic mass is 32.2. The first-order valence-corrected chi connectivity index (χ1v) is 10.2. The molecule has 1 unspecified atom stereocenters. The van der Waals surface area contributed by atoms with E-state index in [4.69, 9.17) is 9.47 Å². The molecule has 2 N–H and O–H groups in total. The molecule has 26 heavy (non-hydrogen) atoms. The fraction of sp³-hybridized carbons (Fsp3) is 0.412. The lowest BCUT2D eigenvalue weighted by Crippen LogP contribution is -2.21. The molecule has 138 valence electrons. The number of hydrogen-bond donors (Lipinski definition) is 2. The van der Waals surface area contributed by atoms with Gasteiger partial charge in [0.15, 0.2) is 21.3 Å². The molecule has 2 aliphatic rings. The fourth-order valence-corrected chi connectivity index (χ4v) is 4.77. The zero-order valence-corrected chi connectivity index (χ0v) is 15.2. The Kier molecular flexibility index (Phi) is 4.31. The lowest BCUT2D eigenvalue weighted by Gasteiger charge is -2.14. The summed E-state index contributed by atoms with van der Waals surface area (Å²) in [7, 11) is -2.93. The van der Waals surface area contributed by atoms with E-state index in [0.29, 0.717) is 30.4 Å². The predicted molar refractivity (Wildman–Crippen MR) is 97.3 cm³/mol. The van der Waals surface area contributed by atoms with Gasteiger partial charge in [-0.2, -0.15) is 0 Å². The van der Waals surface area contributed by atoms with E-state index < -0.39 is 9.84 Å². The largest absolute Gasteiger partial charge is 0.454 e. The van der Waals surface area contributed by atoms with Crippen molar-refractivity contribution in [3.8, 4) is 11.5 Å². The van der Waals surface area contributed by atoms with Crippen LogP contribution in [0.1, 0.15) is 17.8 Å². The topological polar surface area (TPSA) is 102 Å². The van der Waals surface area contributed by atoms with Crippen LogP contribution in [0.2, 0.25) is 0 Å². The summed E-state index contributed by atoms with van der Waals surface area (Å²) in [6.45, 7) is 2.63. The highest BCUT2D eigenvalue weighted by Gasteiger charge is 2.28. The normalized spacial score (nSPS) is 20.1. The number of sulfone groups is 1. The third-order valence-electron chi connectivity index (χ3n) is 4.33. The Balaban J connectivity index is 1.43. The summed E-state index contributed by atoms with van der Waals surface area (Å²) in [5.41, 5.74) is 1.04. The smallest absolute Gasteiger partial charge is 0.231 e. The second-order valence-electron chi connectivity index (χ2n) is 6.47. The van der Waals surface area contributed by atoms with Gasteiger partial charge in [0.1, 0.15) is 17.5 Å². The number of ether oxygens (including phenoxy) is 2. The molecule has 0 bridgehead atoms. The van der Waals surface area contributed by atoms with Crippen molar-refractivity contribution in [1.29, 1.82) is 0 Å². The van der Waals surface area contributed by atoms with Gasteiger partial charge >= 0.3 is 0 Å². The molecule has 0 aliphatic carbocycles. The summed E-state index contributed by atoms with van der Waals surface area (Å²) >= 11 is 0. The molecule has 9 heteroatoms. The summed E-state index contributed by atoms with van der Waals surface area (Å²) < 4.78 is 33.9. The molecular formula is C17H20N4O4S. The van der Waals surface area contributed by atoms with Gasteiger partial charge in [-0.3, -0.25) is 0 Å². The van der Waals surface area contributed by atoms with Gasteiger partial charge in [-0.1, -0.05) is 6.07 Å². The molecule has 1 aromatic carbocycles. The minimum absolute atomic E-state index is 0.101. The van der Waals surface area contributed by atoms with E-state index in [2.05, 4.69) is 20.6 Å². The van der Waals surface area contributed by atoms with Gasteiger partial charge in [-0.05, 0) is 31.0 Å². The summed E-state index contributed by atoms with van der Waals surface area (Å²) in [6, 6.07) is 7.49. The van der Waals surface area contributed by atoms with Gasteiger partial charge in [0.05, 0.1) is 11.5 Å². The van der Waals surface area contributed by atoms with E-state index in [0.717, 1.165) is 17.1 Å². The highest BCUT2D eigenvalue weighted by Crippen LogP contribution is 2.32. The van der Waals surface area contributed by atoms with Crippen LogP contribution in [-0.4, -0.2) is 42.7 Å².